The van der Waals surface area contributed by atoms with Crippen molar-refractivity contribution in [2.75, 3.05) is 11.5 Å². The molecule has 1 aliphatic rings. The van der Waals surface area contributed by atoms with Crippen LogP contribution in [0.2, 0.25) is 5.15 Å². The average Bonchev–Trinajstić information content (AvgIpc) is 2.76. The van der Waals surface area contributed by atoms with Gasteiger partial charge in [-0.2, -0.15) is 11.8 Å². The Morgan fingerprint density at radius 3 is 3.12 bits per heavy atom. The molecule has 1 aliphatic heterocycles. The molecule has 6 heteroatoms. The standard InChI is InChI=1S/C11H11ClN2O2S/c12-10-2-1-7(4-14-10)3-13-9-6-17-5-8(9)11(15)16/h1-2,4,8H,3,5-6H2,(H,15,16). The highest BCUT2D eigenvalue weighted by Crippen LogP contribution is 2.22. The van der Waals surface area contributed by atoms with Gasteiger partial charge in [-0.15, -0.1) is 0 Å². The molecule has 0 saturated carbocycles. The third-order valence-corrected chi connectivity index (χ3v) is 3.78. The van der Waals surface area contributed by atoms with Gasteiger partial charge in [-0.25, -0.2) is 4.98 Å². The predicted octanol–water partition coefficient (Wildman–Crippen LogP) is 2.12. The molecule has 1 N–H and O–H groups in total. The maximum absolute atomic E-state index is 10.9. The zero-order chi connectivity index (χ0) is 12.3. The topological polar surface area (TPSA) is 62.5 Å². The van der Waals surface area contributed by atoms with Crippen LogP contribution < -0.4 is 0 Å². The van der Waals surface area contributed by atoms with E-state index in [2.05, 4.69) is 9.98 Å². The van der Waals surface area contributed by atoms with Crippen molar-refractivity contribution in [3.8, 4) is 0 Å². The molecule has 0 aromatic carbocycles. The number of aromatic nitrogens is 1. The molecule has 1 unspecified atom stereocenters. The second-order valence-corrected chi connectivity index (χ2v) is 5.12. The molecule has 0 spiro atoms. The van der Waals surface area contributed by atoms with Crippen molar-refractivity contribution in [3.05, 3.63) is 29.0 Å². The normalized spacial score (nSPS) is 21.9. The lowest BCUT2D eigenvalue weighted by Gasteiger charge is -2.04. The van der Waals surface area contributed by atoms with Gasteiger partial charge in [-0.1, -0.05) is 17.7 Å². The van der Waals surface area contributed by atoms with Gasteiger partial charge in [0.2, 0.25) is 0 Å². The van der Waals surface area contributed by atoms with Crippen molar-refractivity contribution in [2.24, 2.45) is 10.9 Å². The number of aliphatic carboxylic acids is 1. The first-order chi connectivity index (χ1) is 8.16. The molecule has 4 nitrogen and oxygen atoms in total. The van der Waals surface area contributed by atoms with Crippen LogP contribution in [0.5, 0.6) is 0 Å². The Bertz CT molecular complexity index is 447. The molecular weight excluding hydrogens is 260 g/mol. The van der Waals surface area contributed by atoms with Gasteiger partial charge < -0.3 is 5.11 Å². The Morgan fingerprint density at radius 1 is 1.65 bits per heavy atom. The number of carbonyl (C=O) groups is 1. The van der Waals surface area contributed by atoms with Crippen molar-refractivity contribution in [1.82, 2.24) is 4.98 Å². The van der Waals surface area contributed by atoms with E-state index < -0.39 is 11.9 Å². The highest BCUT2D eigenvalue weighted by Gasteiger charge is 2.29. The largest absolute Gasteiger partial charge is 0.481 e. The minimum Gasteiger partial charge on any atom is -0.481 e. The zero-order valence-electron chi connectivity index (χ0n) is 8.97. The number of aliphatic imine (C=N–C) groups is 1. The fourth-order valence-electron chi connectivity index (χ4n) is 1.54. The van der Waals surface area contributed by atoms with Gasteiger partial charge in [-0.05, 0) is 11.6 Å². The van der Waals surface area contributed by atoms with Crippen LogP contribution in [-0.4, -0.2) is 33.3 Å². The molecule has 17 heavy (non-hydrogen) atoms. The summed E-state index contributed by atoms with van der Waals surface area (Å²) in [4.78, 5) is 19.3. The van der Waals surface area contributed by atoms with E-state index in [1.54, 1.807) is 24.0 Å². The summed E-state index contributed by atoms with van der Waals surface area (Å²) >= 11 is 7.28. The van der Waals surface area contributed by atoms with Gasteiger partial charge in [0.05, 0.1) is 6.54 Å². The van der Waals surface area contributed by atoms with Gasteiger partial charge in [-0.3, -0.25) is 9.79 Å². The molecule has 1 aromatic heterocycles. The molecule has 90 valence electrons. The number of nitrogens with zero attached hydrogens (tertiary/aromatic N) is 2. The van der Waals surface area contributed by atoms with Gasteiger partial charge in [0.15, 0.2) is 0 Å². The number of hydrogen-bond acceptors (Lipinski definition) is 4. The van der Waals surface area contributed by atoms with E-state index in [4.69, 9.17) is 16.7 Å². The molecule has 1 fully saturated rings. The Labute approximate surface area is 108 Å². The van der Waals surface area contributed by atoms with E-state index in [-0.39, 0.29) is 0 Å². The van der Waals surface area contributed by atoms with Gasteiger partial charge in [0.25, 0.3) is 0 Å². The molecule has 0 aliphatic carbocycles. The van der Waals surface area contributed by atoms with E-state index in [9.17, 15) is 4.79 Å². The number of halogens is 1. The molecule has 2 rings (SSSR count). The van der Waals surface area contributed by atoms with Crippen molar-refractivity contribution < 1.29 is 9.90 Å². The Hall–Kier alpha value is -1.07. The maximum Gasteiger partial charge on any atom is 0.313 e. The molecule has 1 aromatic rings. The zero-order valence-corrected chi connectivity index (χ0v) is 10.5. The lowest BCUT2D eigenvalue weighted by atomic mass is 10.1. The van der Waals surface area contributed by atoms with E-state index in [0.29, 0.717) is 23.2 Å². The highest BCUT2D eigenvalue weighted by atomic mass is 35.5. The number of carboxylic acids is 1. The minimum absolute atomic E-state index is 0.430. The Kier molecular flexibility index (Phi) is 4.02. The Morgan fingerprint density at radius 2 is 2.47 bits per heavy atom. The monoisotopic (exact) mass is 270 g/mol. The summed E-state index contributed by atoms with van der Waals surface area (Å²) in [7, 11) is 0. The van der Waals surface area contributed by atoms with Crippen LogP contribution in [0, 0.1) is 5.92 Å². The molecular formula is C11H11ClN2O2S. The van der Waals surface area contributed by atoms with Crippen molar-refractivity contribution in [2.45, 2.75) is 6.54 Å². The van der Waals surface area contributed by atoms with Crippen LogP contribution in [0.15, 0.2) is 23.3 Å². The van der Waals surface area contributed by atoms with E-state index in [1.165, 1.54) is 0 Å². The van der Waals surface area contributed by atoms with Crippen LogP contribution in [0.1, 0.15) is 5.56 Å². The summed E-state index contributed by atoms with van der Waals surface area (Å²) in [6, 6.07) is 3.55. The second kappa shape index (κ2) is 5.51. The quantitative estimate of drug-likeness (QED) is 0.855. The summed E-state index contributed by atoms with van der Waals surface area (Å²) in [6.45, 7) is 0.462. The summed E-state index contributed by atoms with van der Waals surface area (Å²) < 4.78 is 0. The maximum atomic E-state index is 10.9. The lowest BCUT2D eigenvalue weighted by Crippen LogP contribution is -2.21. The number of rotatable bonds is 3. The number of pyridine rings is 1. The molecule has 1 atom stereocenters. The second-order valence-electron chi connectivity index (χ2n) is 3.70. The predicted molar refractivity (Wildman–Crippen MR) is 68.8 cm³/mol. The van der Waals surface area contributed by atoms with Crippen molar-refractivity contribution in [3.63, 3.8) is 0 Å². The fraction of sp³-hybridized carbons (Fsp3) is 0.364. The number of hydrogen-bond donors (Lipinski definition) is 1. The molecule has 0 amide bonds. The minimum atomic E-state index is -0.789. The SMILES string of the molecule is O=C(O)C1CSCC1=NCc1ccc(Cl)nc1. The average molecular weight is 271 g/mol. The summed E-state index contributed by atoms with van der Waals surface area (Å²) in [5, 5.41) is 9.44. The van der Waals surface area contributed by atoms with E-state index >= 15 is 0 Å². The molecule has 2 heterocycles. The first kappa shape index (κ1) is 12.4. The van der Waals surface area contributed by atoms with Gasteiger partial charge in [0.1, 0.15) is 11.1 Å². The first-order valence-corrected chi connectivity index (χ1v) is 6.64. The lowest BCUT2D eigenvalue weighted by molar-refractivity contribution is -0.138. The number of thioether (sulfide) groups is 1. The fourth-order valence-corrected chi connectivity index (χ4v) is 2.84. The highest BCUT2D eigenvalue weighted by molar-refractivity contribution is 8.00. The molecule has 0 radical (unpaired) electrons. The first-order valence-electron chi connectivity index (χ1n) is 5.11. The molecule has 0 bridgehead atoms. The third-order valence-electron chi connectivity index (χ3n) is 2.49. The summed E-state index contributed by atoms with van der Waals surface area (Å²) in [6.07, 6.45) is 1.66. The van der Waals surface area contributed by atoms with Crippen LogP contribution in [0.4, 0.5) is 0 Å². The van der Waals surface area contributed by atoms with Crippen LogP contribution >= 0.6 is 23.4 Å². The van der Waals surface area contributed by atoms with Gasteiger partial charge >= 0.3 is 5.97 Å². The van der Waals surface area contributed by atoms with E-state index in [0.717, 1.165) is 11.3 Å². The Balaban J connectivity index is 2.05. The van der Waals surface area contributed by atoms with Gasteiger partial charge in [0, 0.05) is 23.4 Å². The smallest absolute Gasteiger partial charge is 0.313 e. The molecule has 1 saturated heterocycles. The van der Waals surface area contributed by atoms with Crippen LogP contribution in [0.25, 0.3) is 0 Å². The van der Waals surface area contributed by atoms with Crippen LogP contribution in [-0.2, 0) is 11.3 Å². The summed E-state index contributed by atoms with van der Waals surface area (Å²) in [5.41, 5.74) is 1.69. The summed E-state index contributed by atoms with van der Waals surface area (Å²) in [5.74, 6) is 0.105. The number of carboxylic acid groups (broad SMARTS) is 1. The van der Waals surface area contributed by atoms with Crippen molar-refractivity contribution >= 4 is 35.0 Å². The van der Waals surface area contributed by atoms with Crippen molar-refractivity contribution in [1.29, 1.82) is 0 Å². The van der Waals surface area contributed by atoms with E-state index in [1.807, 2.05) is 6.07 Å². The van der Waals surface area contributed by atoms with Crippen LogP contribution in [0.3, 0.4) is 0 Å². The third kappa shape index (κ3) is 3.20.